The van der Waals surface area contributed by atoms with Gasteiger partial charge in [0, 0.05) is 6.54 Å². The number of nitrogens with zero attached hydrogens (tertiary/aromatic N) is 2. The molecule has 0 unspecified atom stereocenters. The van der Waals surface area contributed by atoms with Gasteiger partial charge in [-0.2, -0.15) is 5.10 Å². The smallest absolute Gasteiger partial charge is 0.0629 e. The lowest BCUT2D eigenvalue weighted by atomic mass is 9.95. The zero-order valence-electron chi connectivity index (χ0n) is 10.5. The average molecular weight is 256 g/mol. The molecular weight excluding hydrogens is 234 g/mol. The number of hydrogen-bond donors (Lipinski definition) is 1. The van der Waals surface area contributed by atoms with Crippen LogP contribution in [0.2, 0.25) is 0 Å². The summed E-state index contributed by atoms with van der Waals surface area (Å²) in [6.07, 6.45) is 7.99. The standard InChI is InChI=1S/C13H21N3.ClH/c1-10-12-7-8-14-9-13(12)16(15-10)11-5-3-2-4-6-11;/h11,14H,2-9H2,1H3;1H. The molecule has 17 heavy (non-hydrogen) atoms. The van der Waals surface area contributed by atoms with Crippen LogP contribution in [-0.2, 0) is 13.0 Å². The molecule has 1 fully saturated rings. The van der Waals surface area contributed by atoms with Crippen molar-refractivity contribution in [3.8, 4) is 0 Å². The van der Waals surface area contributed by atoms with E-state index in [0.717, 1.165) is 19.5 Å². The van der Waals surface area contributed by atoms with E-state index in [1.165, 1.54) is 49.1 Å². The molecule has 96 valence electrons. The molecule has 0 amide bonds. The Balaban J connectivity index is 0.00000108. The van der Waals surface area contributed by atoms with E-state index >= 15 is 0 Å². The number of fused-ring (bicyclic) bond motifs is 1. The molecule has 2 aliphatic rings. The maximum Gasteiger partial charge on any atom is 0.0629 e. The van der Waals surface area contributed by atoms with E-state index in [4.69, 9.17) is 5.10 Å². The first-order valence-corrected chi connectivity index (χ1v) is 6.64. The van der Waals surface area contributed by atoms with Gasteiger partial charge in [0.2, 0.25) is 0 Å². The first-order chi connectivity index (χ1) is 7.86. The zero-order chi connectivity index (χ0) is 11.0. The summed E-state index contributed by atoms with van der Waals surface area (Å²) in [5.74, 6) is 0. The summed E-state index contributed by atoms with van der Waals surface area (Å²) in [5, 5.41) is 8.27. The van der Waals surface area contributed by atoms with E-state index in [2.05, 4.69) is 16.9 Å². The van der Waals surface area contributed by atoms with Gasteiger partial charge in [-0.25, -0.2) is 0 Å². The molecule has 1 aliphatic carbocycles. The fourth-order valence-corrected chi connectivity index (χ4v) is 3.19. The third-order valence-electron chi connectivity index (χ3n) is 4.08. The fourth-order valence-electron chi connectivity index (χ4n) is 3.19. The van der Waals surface area contributed by atoms with Gasteiger partial charge in [-0.05, 0) is 38.3 Å². The van der Waals surface area contributed by atoms with Crippen molar-refractivity contribution in [2.75, 3.05) is 6.54 Å². The predicted octanol–water partition coefficient (Wildman–Crippen LogP) is 2.76. The summed E-state index contributed by atoms with van der Waals surface area (Å²) in [6.45, 7) is 4.31. The summed E-state index contributed by atoms with van der Waals surface area (Å²) in [7, 11) is 0. The molecule has 1 aromatic rings. The van der Waals surface area contributed by atoms with Gasteiger partial charge < -0.3 is 5.32 Å². The van der Waals surface area contributed by atoms with Crippen LogP contribution in [0.3, 0.4) is 0 Å². The van der Waals surface area contributed by atoms with Crippen molar-refractivity contribution >= 4 is 12.4 Å². The van der Waals surface area contributed by atoms with Gasteiger partial charge in [0.1, 0.15) is 0 Å². The topological polar surface area (TPSA) is 29.9 Å². The molecule has 1 N–H and O–H groups in total. The Bertz CT molecular complexity index is 380. The lowest BCUT2D eigenvalue weighted by Gasteiger charge is -2.25. The molecule has 1 aliphatic heterocycles. The molecule has 1 aromatic heterocycles. The summed E-state index contributed by atoms with van der Waals surface area (Å²) >= 11 is 0. The maximum absolute atomic E-state index is 4.79. The van der Waals surface area contributed by atoms with Gasteiger partial charge in [-0.3, -0.25) is 4.68 Å². The molecule has 0 saturated heterocycles. The summed E-state index contributed by atoms with van der Waals surface area (Å²) in [5.41, 5.74) is 4.25. The zero-order valence-corrected chi connectivity index (χ0v) is 11.4. The molecule has 2 heterocycles. The van der Waals surface area contributed by atoms with Gasteiger partial charge in [0.25, 0.3) is 0 Å². The molecule has 4 heteroatoms. The molecule has 1 saturated carbocycles. The van der Waals surface area contributed by atoms with Crippen molar-refractivity contribution in [1.29, 1.82) is 0 Å². The van der Waals surface area contributed by atoms with Gasteiger partial charge in [-0.15, -0.1) is 12.4 Å². The first-order valence-electron chi connectivity index (χ1n) is 6.64. The van der Waals surface area contributed by atoms with Crippen LogP contribution in [0.1, 0.15) is 55.1 Å². The van der Waals surface area contributed by atoms with Gasteiger partial charge in [0.15, 0.2) is 0 Å². The van der Waals surface area contributed by atoms with Crippen molar-refractivity contribution in [3.05, 3.63) is 17.0 Å². The van der Waals surface area contributed by atoms with Crippen molar-refractivity contribution in [2.45, 2.75) is 58.0 Å². The van der Waals surface area contributed by atoms with E-state index in [1.54, 1.807) is 0 Å². The molecule has 0 bridgehead atoms. The second-order valence-corrected chi connectivity index (χ2v) is 5.17. The largest absolute Gasteiger partial charge is 0.311 e. The number of nitrogens with one attached hydrogen (secondary N) is 1. The number of halogens is 1. The van der Waals surface area contributed by atoms with Crippen molar-refractivity contribution in [1.82, 2.24) is 15.1 Å². The number of hydrogen-bond acceptors (Lipinski definition) is 2. The molecular formula is C13H22ClN3. The van der Waals surface area contributed by atoms with Crippen LogP contribution in [0.25, 0.3) is 0 Å². The van der Waals surface area contributed by atoms with E-state index in [-0.39, 0.29) is 12.4 Å². The van der Waals surface area contributed by atoms with Crippen LogP contribution in [0.5, 0.6) is 0 Å². The number of aryl methyl sites for hydroxylation is 1. The minimum atomic E-state index is 0. The summed E-state index contributed by atoms with van der Waals surface area (Å²) in [6, 6.07) is 0.677. The van der Waals surface area contributed by atoms with Crippen LogP contribution in [0.15, 0.2) is 0 Å². The van der Waals surface area contributed by atoms with Crippen LogP contribution >= 0.6 is 12.4 Å². The normalized spacial score (nSPS) is 20.8. The molecule has 3 nitrogen and oxygen atoms in total. The molecule has 0 spiro atoms. The second kappa shape index (κ2) is 5.40. The van der Waals surface area contributed by atoms with Crippen molar-refractivity contribution < 1.29 is 0 Å². The van der Waals surface area contributed by atoms with Gasteiger partial charge in [0.05, 0.1) is 17.4 Å². The molecule has 3 rings (SSSR count). The predicted molar refractivity (Wildman–Crippen MR) is 71.7 cm³/mol. The summed E-state index contributed by atoms with van der Waals surface area (Å²) in [4.78, 5) is 0. The highest BCUT2D eigenvalue weighted by molar-refractivity contribution is 5.85. The Morgan fingerprint density at radius 2 is 2.00 bits per heavy atom. The van der Waals surface area contributed by atoms with Gasteiger partial charge >= 0.3 is 0 Å². The highest BCUT2D eigenvalue weighted by Gasteiger charge is 2.24. The van der Waals surface area contributed by atoms with Crippen LogP contribution in [0.4, 0.5) is 0 Å². The highest BCUT2D eigenvalue weighted by atomic mass is 35.5. The Hall–Kier alpha value is -0.540. The van der Waals surface area contributed by atoms with E-state index < -0.39 is 0 Å². The van der Waals surface area contributed by atoms with E-state index in [1.807, 2.05) is 0 Å². The average Bonchev–Trinajstić information content (AvgIpc) is 2.69. The van der Waals surface area contributed by atoms with E-state index in [9.17, 15) is 0 Å². The Morgan fingerprint density at radius 3 is 2.76 bits per heavy atom. The lowest BCUT2D eigenvalue weighted by molar-refractivity contribution is 0.318. The summed E-state index contributed by atoms with van der Waals surface area (Å²) < 4.78 is 2.34. The minimum absolute atomic E-state index is 0. The van der Waals surface area contributed by atoms with Gasteiger partial charge in [-0.1, -0.05) is 19.3 Å². The quantitative estimate of drug-likeness (QED) is 0.836. The van der Waals surface area contributed by atoms with Crippen molar-refractivity contribution in [2.24, 2.45) is 0 Å². The second-order valence-electron chi connectivity index (χ2n) is 5.17. The van der Waals surface area contributed by atoms with Crippen LogP contribution in [0, 0.1) is 6.92 Å². The Labute approximate surface area is 109 Å². The monoisotopic (exact) mass is 255 g/mol. The maximum atomic E-state index is 4.79. The van der Waals surface area contributed by atoms with Crippen LogP contribution < -0.4 is 5.32 Å². The third-order valence-corrected chi connectivity index (χ3v) is 4.08. The van der Waals surface area contributed by atoms with Crippen molar-refractivity contribution in [3.63, 3.8) is 0 Å². The Morgan fingerprint density at radius 1 is 1.24 bits per heavy atom. The van der Waals surface area contributed by atoms with Crippen LogP contribution in [-0.4, -0.2) is 16.3 Å². The van der Waals surface area contributed by atoms with E-state index in [0.29, 0.717) is 6.04 Å². The molecule has 0 aromatic carbocycles. The molecule has 0 radical (unpaired) electrons. The fraction of sp³-hybridized carbons (Fsp3) is 0.769. The highest BCUT2D eigenvalue weighted by Crippen LogP contribution is 2.31. The third kappa shape index (κ3) is 2.36. The molecule has 0 atom stereocenters. The minimum Gasteiger partial charge on any atom is -0.311 e. The number of aromatic nitrogens is 2. The Kier molecular flexibility index (Phi) is 4.10. The SMILES string of the molecule is Cc1nn(C2CCCCC2)c2c1CCNC2.Cl. The number of rotatable bonds is 1. The lowest BCUT2D eigenvalue weighted by Crippen LogP contribution is -2.27. The first kappa shape index (κ1) is 12.9.